The molecule has 0 unspecified atom stereocenters. The molecule has 0 atom stereocenters. The molecule has 1 amide bonds. The van der Waals surface area contributed by atoms with E-state index in [-0.39, 0.29) is 5.91 Å². The maximum absolute atomic E-state index is 13.0. The number of amides is 1. The lowest BCUT2D eigenvalue weighted by Gasteiger charge is -2.12. The summed E-state index contributed by atoms with van der Waals surface area (Å²) in [6, 6.07) is 6.86. The Morgan fingerprint density at radius 1 is 1.15 bits per heavy atom. The van der Waals surface area contributed by atoms with Crippen molar-refractivity contribution in [2.75, 3.05) is 12.4 Å². The van der Waals surface area contributed by atoms with E-state index in [1.54, 1.807) is 42.9 Å². The maximum Gasteiger partial charge on any atom is 0.338 e. The van der Waals surface area contributed by atoms with Crippen molar-refractivity contribution in [3.63, 3.8) is 0 Å². The topological polar surface area (TPSA) is 86.1 Å². The average molecular weight is 352 g/mol. The number of nitrogens with one attached hydrogen (secondary N) is 1. The summed E-state index contributed by atoms with van der Waals surface area (Å²) in [5.74, 6) is -0.717. The van der Waals surface area contributed by atoms with Crippen LogP contribution in [0.2, 0.25) is 0 Å². The number of carbonyl (C=O) groups excluding carboxylic acids is 2. The molecule has 0 saturated carbocycles. The minimum atomic E-state index is -0.441. The summed E-state index contributed by atoms with van der Waals surface area (Å²) < 4.78 is 6.45. The summed E-state index contributed by atoms with van der Waals surface area (Å²) in [5, 5.41) is 7.97. The Bertz CT molecular complexity index is 1040. The molecule has 2 aromatic heterocycles. The molecule has 0 radical (unpaired) electrons. The number of fused-ring (bicyclic) bond motifs is 1. The van der Waals surface area contributed by atoms with Crippen LogP contribution in [-0.2, 0) is 11.8 Å². The molecule has 0 fully saturated rings. The van der Waals surface area contributed by atoms with Crippen molar-refractivity contribution in [3.05, 3.63) is 52.3 Å². The van der Waals surface area contributed by atoms with E-state index in [0.717, 1.165) is 16.8 Å². The predicted molar refractivity (Wildman–Crippen MR) is 98.5 cm³/mol. The highest BCUT2D eigenvalue weighted by Gasteiger charge is 2.19. The molecule has 1 aromatic carbocycles. The van der Waals surface area contributed by atoms with Crippen molar-refractivity contribution in [3.8, 4) is 0 Å². The monoisotopic (exact) mass is 352 g/mol. The van der Waals surface area contributed by atoms with Gasteiger partial charge in [0.15, 0.2) is 5.65 Å². The number of ether oxygens (including phenoxy) is 1. The summed E-state index contributed by atoms with van der Waals surface area (Å²) in [6.07, 6.45) is 0. The maximum atomic E-state index is 13.0. The fourth-order valence-corrected chi connectivity index (χ4v) is 3.04. The molecule has 0 aliphatic rings. The van der Waals surface area contributed by atoms with E-state index in [1.807, 2.05) is 13.8 Å². The molecule has 0 aliphatic carbocycles. The normalized spacial score (nSPS) is 10.8. The first-order valence-corrected chi connectivity index (χ1v) is 8.13. The van der Waals surface area contributed by atoms with Gasteiger partial charge in [-0.25, -0.2) is 9.78 Å². The van der Waals surface area contributed by atoms with Crippen LogP contribution in [0.4, 0.5) is 5.69 Å². The molecule has 134 valence electrons. The van der Waals surface area contributed by atoms with Gasteiger partial charge in [-0.15, -0.1) is 0 Å². The van der Waals surface area contributed by atoms with Crippen molar-refractivity contribution in [2.45, 2.75) is 20.8 Å². The highest BCUT2D eigenvalue weighted by Crippen LogP contribution is 2.25. The van der Waals surface area contributed by atoms with Crippen molar-refractivity contribution < 1.29 is 14.3 Å². The van der Waals surface area contributed by atoms with Gasteiger partial charge in [0.2, 0.25) is 0 Å². The van der Waals surface area contributed by atoms with Crippen LogP contribution in [0.25, 0.3) is 11.0 Å². The highest BCUT2D eigenvalue weighted by atomic mass is 16.5. The van der Waals surface area contributed by atoms with Gasteiger partial charge >= 0.3 is 5.97 Å². The largest absolute Gasteiger partial charge is 0.465 e. The van der Waals surface area contributed by atoms with Crippen molar-refractivity contribution >= 4 is 28.6 Å². The third-order valence-corrected chi connectivity index (χ3v) is 4.33. The Balaban J connectivity index is 2.05. The van der Waals surface area contributed by atoms with Gasteiger partial charge in [-0.3, -0.25) is 9.48 Å². The van der Waals surface area contributed by atoms with Gasteiger partial charge < -0.3 is 10.1 Å². The zero-order valence-electron chi connectivity index (χ0n) is 15.4. The number of rotatable bonds is 3. The van der Waals surface area contributed by atoms with Crippen LogP contribution in [0.5, 0.6) is 0 Å². The number of aryl methyl sites for hydroxylation is 3. The number of carbonyl (C=O) groups is 2. The van der Waals surface area contributed by atoms with Crippen LogP contribution in [0.1, 0.15) is 37.7 Å². The zero-order chi connectivity index (χ0) is 19.0. The van der Waals surface area contributed by atoms with Gasteiger partial charge in [0, 0.05) is 18.4 Å². The molecule has 0 saturated heterocycles. The molecular formula is C19H20N4O3. The van der Waals surface area contributed by atoms with E-state index in [4.69, 9.17) is 4.74 Å². The molecule has 7 nitrogen and oxygen atoms in total. The van der Waals surface area contributed by atoms with Gasteiger partial charge in [-0.05, 0) is 44.5 Å². The fourth-order valence-electron chi connectivity index (χ4n) is 3.04. The SMILES string of the molecule is COC(=O)c1cccc(NC(=O)c2cc(C)nc3c2c(C)nn3C)c1C. The Labute approximate surface area is 151 Å². The lowest BCUT2D eigenvalue weighted by atomic mass is 10.1. The smallest absolute Gasteiger partial charge is 0.338 e. The molecule has 0 aliphatic heterocycles. The van der Waals surface area contributed by atoms with Gasteiger partial charge in [0.1, 0.15) is 0 Å². The standard InChI is InChI=1S/C19H20N4O3/c1-10-9-14(16-12(3)22-23(4)17(16)20-10)18(24)21-15-8-6-7-13(11(15)2)19(25)26-5/h6-9H,1-5H3,(H,21,24). The van der Waals surface area contributed by atoms with Gasteiger partial charge in [-0.1, -0.05) is 6.07 Å². The summed E-state index contributed by atoms with van der Waals surface area (Å²) in [4.78, 5) is 29.3. The minimum Gasteiger partial charge on any atom is -0.465 e. The van der Waals surface area contributed by atoms with Crippen LogP contribution < -0.4 is 5.32 Å². The lowest BCUT2D eigenvalue weighted by molar-refractivity contribution is 0.0599. The van der Waals surface area contributed by atoms with E-state index in [1.165, 1.54) is 7.11 Å². The minimum absolute atomic E-state index is 0.276. The number of hydrogen-bond donors (Lipinski definition) is 1. The second-order valence-corrected chi connectivity index (χ2v) is 6.14. The molecule has 0 bridgehead atoms. The Kier molecular flexibility index (Phi) is 4.46. The van der Waals surface area contributed by atoms with E-state index in [0.29, 0.717) is 28.0 Å². The first kappa shape index (κ1) is 17.6. The summed E-state index contributed by atoms with van der Waals surface area (Å²) >= 11 is 0. The van der Waals surface area contributed by atoms with Crippen molar-refractivity contribution in [1.29, 1.82) is 0 Å². The molecule has 2 heterocycles. The number of esters is 1. The summed E-state index contributed by atoms with van der Waals surface area (Å²) in [5.41, 5.74) is 4.25. The fraction of sp³-hybridized carbons (Fsp3) is 0.263. The number of nitrogens with zero attached hydrogens (tertiary/aromatic N) is 3. The number of methoxy groups -OCH3 is 1. The molecular weight excluding hydrogens is 332 g/mol. The first-order chi connectivity index (χ1) is 12.3. The van der Waals surface area contributed by atoms with E-state index >= 15 is 0 Å². The van der Waals surface area contributed by atoms with Gasteiger partial charge in [0.05, 0.1) is 29.3 Å². The predicted octanol–water partition coefficient (Wildman–Crippen LogP) is 2.93. The zero-order valence-corrected chi connectivity index (χ0v) is 15.4. The lowest BCUT2D eigenvalue weighted by Crippen LogP contribution is -2.15. The Morgan fingerprint density at radius 2 is 1.88 bits per heavy atom. The molecule has 0 spiro atoms. The molecule has 26 heavy (non-hydrogen) atoms. The number of pyridine rings is 1. The van der Waals surface area contributed by atoms with Crippen molar-refractivity contribution in [2.24, 2.45) is 7.05 Å². The number of aromatic nitrogens is 3. The molecule has 1 N–H and O–H groups in total. The van der Waals surface area contributed by atoms with E-state index in [9.17, 15) is 9.59 Å². The summed E-state index contributed by atoms with van der Waals surface area (Å²) in [6.45, 7) is 5.45. The van der Waals surface area contributed by atoms with Gasteiger partial charge in [0.25, 0.3) is 5.91 Å². The van der Waals surface area contributed by atoms with Crippen LogP contribution in [-0.4, -0.2) is 33.8 Å². The highest BCUT2D eigenvalue weighted by molar-refractivity contribution is 6.13. The second kappa shape index (κ2) is 6.59. The van der Waals surface area contributed by atoms with Crippen molar-refractivity contribution in [1.82, 2.24) is 14.8 Å². The number of anilines is 1. The quantitative estimate of drug-likeness (QED) is 0.733. The first-order valence-electron chi connectivity index (χ1n) is 8.13. The Morgan fingerprint density at radius 3 is 2.58 bits per heavy atom. The van der Waals surface area contributed by atoms with Gasteiger partial charge in [-0.2, -0.15) is 5.10 Å². The van der Waals surface area contributed by atoms with E-state index < -0.39 is 5.97 Å². The number of hydrogen-bond acceptors (Lipinski definition) is 5. The van der Waals surface area contributed by atoms with E-state index in [2.05, 4.69) is 15.4 Å². The second-order valence-electron chi connectivity index (χ2n) is 6.14. The number of benzene rings is 1. The molecule has 3 aromatic rings. The third kappa shape index (κ3) is 2.92. The van der Waals surface area contributed by atoms with Crippen LogP contribution in [0.3, 0.4) is 0 Å². The molecule has 7 heteroatoms. The third-order valence-electron chi connectivity index (χ3n) is 4.33. The summed E-state index contributed by atoms with van der Waals surface area (Å²) in [7, 11) is 3.13. The average Bonchev–Trinajstić information content (AvgIpc) is 2.89. The Hall–Kier alpha value is -3.22. The van der Waals surface area contributed by atoms with Crippen LogP contribution in [0, 0.1) is 20.8 Å². The molecule has 3 rings (SSSR count). The van der Waals surface area contributed by atoms with Crippen LogP contribution in [0.15, 0.2) is 24.3 Å². The van der Waals surface area contributed by atoms with Crippen LogP contribution >= 0.6 is 0 Å².